The maximum Gasteiger partial charge on any atom is 0.225 e. The van der Waals surface area contributed by atoms with Crippen LogP contribution in [0.1, 0.15) is 51.9 Å². The number of nitrogens with two attached hydrogens (primary N) is 1. The van der Waals surface area contributed by atoms with Crippen LogP contribution in [0, 0.1) is 0 Å². The van der Waals surface area contributed by atoms with Gasteiger partial charge in [0.15, 0.2) is 5.78 Å². The Kier molecular flexibility index (Phi) is 8.73. The van der Waals surface area contributed by atoms with Gasteiger partial charge in [-0.1, -0.05) is 38.7 Å². The third kappa shape index (κ3) is 10.8. The summed E-state index contributed by atoms with van der Waals surface area (Å²) < 4.78 is 0. The van der Waals surface area contributed by atoms with E-state index < -0.39 is 5.91 Å². The molecule has 0 aromatic carbocycles. The molecule has 2 N–H and O–H groups in total. The Morgan fingerprint density at radius 1 is 1.13 bits per heavy atom. The molecule has 3 heteroatoms. The minimum absolute atomic E-state index is 0.174. The van der Waals surface area contributed by atoms with Gasteiger partial charge in [-0.2, -0.15) is 0 Å². The fraction of sp³-hybridized carbons (Fsp3) is 0.667. The molecule has 0 aromatic rings. The van der Waals surface area contributed by atoms with Crippen molar-refractivity contribution in [2.75, 3.05) is 0 Å². The van der Waals surface area contributed by atoms with Crippen molar-refractivity contribution in [1.82, 2.24) is 0 Å². The summed E-state index contributed by atoms with van der Waals surface area (Å²) in [7, 11) is 0. The first kappa shape index (κ1) is 13.9. The van der Waals surface area contributed by atoms with Crippen LogP contribution in [0.15, 0.2) is 12.2 Å². The fourth-order valence-electron chi connectivity index (χ4n) is 1.31. The van der Waals surface area contributed by atoms with E-state index in [2.05, 4.69) is 6.92 Å². The average molecular weight is 211 g/mol. The first-order chi connectivity index (χ1) is 7.16. The van der Waals surface area contributed by atoms with Gasteiger partial charge in [0, 0.05) is 0 Å². The number of amides is 1. The van der Waals surface area contributed by atoms with Crippen LogP contribution >= 0.6 is 0 Å². The number of unbranched alkanes of at least 4 members (excludes halogenated alkanes) is 5. The molecule has 0 spiro atoms. The molecule has 0 rings (SSSR count). The van der Waals surface area contributed by atoms with Crippen LogP contribution < -0.4 is 5.73 Å². The second-order valence-electron chi connectivity index (χ2n) is 3.71. The predicted octanol–water partition coefficient (Wildman–Crippen LogP) is 2.35. The third-order valence-corrected chi connectivity index (χ3v) is 2.13. The highest BCUT2D eigenvalue weighted by atomic mass is 16.2. The zero-order valence-corrected chi connectivity index (χ0v) is 9.50. The van der Waals surface area contributed by atoms with Gasteiger partial charge in [0.05, 0.1) is 6.42 Å². The Balaban J connectivity index is 3.37. The lowest BCUT2D eigenvalue weighted by Crippen LogP contribution is -2.14. The van der Waals surface area contributed by atoms with Crippen molar-refractivity contribution in [3.05, 3.63) is 12.2 Å². The first-order valence-electron chi connectivity index (χ1n) is 5.64. The molecule has 86 valence electrons. The largest absolute Gasteiger partial charge is 0.369 e. The molecule has 1 amide bonds. The number of hydrogen-bond acceptors (Lipinski definition) is 2. The van der Waals surface area contributed by atoms with Crippen LogP contribution in [0.3, 0.4) is 0 Å². The summed E-state index contributed by atoms with van der Waals surface area (Å²) in [6.07, 6.45) is 10.1. The smallest absolute Gasteiger partial charge is 0.225 e. The monoisotopic (exact) mass is 211 g/mol. The van der Waals surface area contributed by atoms with Crippen LogP contribution in [-0.4, -0.2) is 11.7 Å². The van der Waals surface area contributed by atoms with Crippen LogP contribution in [0.5, 0.6) is 0 Å². The highest BCUT2D eigenvalue weighted by Gasteiger charge is 2.00. The molecule has 0 radical (unpaired) electrons. The highest BCUT2D eigenvalue weighted by molar-refractivity contribution is 6.03. The lowest BCUT2D eigenvalue weighted by atomic mass is 10.1. The van der Waals surface area contributed by atoms with Gasteiger partial charge in [-0.15, -0.1) is 0 Å². The molecule has 0 atom stereocenters. The standard InChI is InChI=1S/C12H21NO2/c1-2-3-4-5-6-7-8-9-11(14)10-12(13)15/h8-9H,2-7,10H2,1H3,(H2,13,15)/b9-8+. The summed E-state index contributed by atoms with van der Waals surface area (Å²) in [6.45, 7) is 2.18. The Labute approximate surface area is 91.7 Å². The SMILES string of the molecule is CCCCCCC/C=C/C(=O)CC(N)=O. The van der Waals surface area contributed by atoms with E-state index in [1.165, 1.54) is 31.8 Å². The van der Waals surface area contributed by atoms with Gasteiger partial charge in [0.2, 0.25) is 5.91 Å². The Morgan fingerprint density at radius 2 is 1.80 bits per heavy atom. The van der Waals surface area contributed by atoms with Crippen molar-refractivity contribution in [2.45, 2.75) is 51.9 Å². The van der Waals surface area contributed by atoms with Crippen molar-refractivity contribution in [2.24, 2.45) is 5.73 Å². The molecule has 0 aliphatic rings. The van der Waals surface area contributed by atoms with E-state index in [9.17, 15) is 9.59 Å². The molecular weight excluding hydrogens is 190 g/mol. The summed E-state index contributed by atoms with van der Waals surface area (Å²) in [5.74, 6) is -0.761. The lowest BCUT2D eigenvalue weighted by Gasteiger charge is -1.95. The Morgan fingerprint density at radius 3 is 2.40 bits per heavy atom. The van der Waals surface area contributed by atoms with E-state index in [1.807, 2.05) is 6.08 Å². The van der Waals surface area contributed by atoms with Gasteiger partial charge >= 0.3 is 0 Å². The van der Waals surface area contributed by atoms with Crippen molar-refractivity contribution in [3.8, 4) is 0 Å². The molecule has 0 saturated carbocycles. The Bertz CT molecular complexity index is 222. The van der Waals surface area contributed by atoms with E-state index >= 15 is 0 Å². The quantitative estimate of drug-likeness (QED) is 0.361. The second kappa shape index (κ2) is 9.44. The Hall–Kier alpha value is -1.12. The summed E-state index contributed by atoms with van der Waals surface area (Å²) in [5, 5.41) is 0. The maximum absolute atomic E-state index is 11.0. The van der Waals surface area contributed by atoms with E-state index in [4.69, 9.17) is 5.73 Å². The molecule has 0 fully saturated rings. The van der Waals surface area contributed by atoms with Crippen molar-refractivity contribution >= 4 is 11.7 Å². The molecule has 15 heavy (non-hydrogen) atoms. The number of carbonyl (C=O) groups is 2. The summed E-state index contributed by atoms with van der Waals surface area (Å²) >= 11 is 0. The minimum Gasteiger partial charge on any atom is -0.369 e. The van der Waals surface area contributed by atoms with Crippen molar-refractivity contribution < 1.29 is 9.59 Å². The summed E-state index contributed by atoms with van der Waals surface area (Å²) in [6, 6.07) is 0. The number of allylic oxidation sites excluding steroid dienone is 2. The molecule has 0 saturated heterocycles. The van der Waals surface area contributed by atoms with Gasteiger partial charge in [-0.25, -0.2) is 0 Å². The van der Waals surface area contributed by atoms with Crippen molar-refractivity contribution in [1.29, 1.82) is 0 Å². The van der Waals surface area contributed by atoms with E-state index in [0.717, 1.165) is 12.8 Å². The lowest BCUT2D eigenvalue weighted by molar-refractivity contribution is -0.124. The third-order valence-electron chi connectivity index (χ3n) is 2.13. The van der Waals surface area contributed by atoms with Gasteiger partial charge in [0.1, 0.15) is 0 Å². The van der Waals surface area contributed by atoms with E-state index in [0.29, 0.717) is 0 Å². The van der Waals surface area contributed by atoms with E-state index in [1.54, 1.807) is 0 Å². The fourth-order valence-corrected chi connectivity index (χ4v) is 1.31. The number of carbonyl (C=O) groups excluding carboxylic acids is 2. The summed E-state index contributed by atoms with van der Waals surface area (Å²) in [4.78, 5) is 21.4. The molecule has 0 heterocycles. The molecule has 3 nitrogen and oxygen atoms in total. The maximum atomic E-state index is 11.0. The number of rotatable bonds is 9. The van der Waals surface area contributed by atoms with Gasteiger partial charge in [-0.05, 0) is 18.9 Å². The van der Waals surface area contributed by atoms with Gasteiger partial charge < -0.3 is 5.73 Å². The molecular formula is C12H21NO2. The molecule has 0 unspecified atom stereocenters. The molecule has 0 aromatic heterocycles. The van der Waals surface area contributed by atoms with Crippen LogP contribution in [0.2, 0.25) is 0 Å². The van der Waals surface area contributed by atoms with Crippen molar-refractivity contribution in [3.63, 3.8) is 0 Å². The first-order valence-corrected chi connectivity index (χ1v) is 5.64. The minimum atomic E-state index is -0.562. The van der Waals surface area contributed by atoms with Gasteiger partial charge in [0.25, 0.3) is 0 Å². The van der Waals surface area contributed by atoms with Crippen LogP contribution in [0.25, 0.3) is 0 Å². The predicted molar refractivity (Wildman–Crippen MR) is 61.3 cm³/mol. The van der Waals surface area contributed by atoms with Crippen LogP contribution in [0.4, 0.5) is 0 Å². The normalized spacial score (nSPS) is 10.7. The topological polar surface area (TPSA) is 60.2 Å². The highest BCUT2D eigenvalue weighted by Crippen LogP contribution is 2.05. The second-order valence-corrected chi connectivity index (χ2v) is 3.71. The number of primary amides is 1. The molecule has 0 aliphatic carbocycles. The van der Waals surface area contributed by atoms with Crippen LogP contribution in [-0.2, 0) is 9.59 Å². The number of hydrogen-bond donors (Lipinski definition) is 1. The summed E-state index contributed by atoms with van der Waals surface area (Å²) in [5.41, 5.74) is 4.88. The van der Waals surface area contributed by atoms with E-state index in [-0.39, 0.29) is 12.2 Å². The molecule has 0 bridgehead atoms. The number of ketones is 1. The zero-order valence-electron chi connectivity index (χ0n) is 9.50. The average Bonchev–Trinajstić information content (AvgIpc) is 2.15. The molecule has 0 aliphatic heterocycles. The van der Waals surface area contributed by atoms with Gasteiger partial charge in [-0.3, -0.25) is 9.59 Å². The zero-order chi connectivity index (χ0) is 11.5.